The van der Waals surface area contributed by atoms with Crippen molar-refractivity contribution >= 4 is 17.0 Å². The summed E-state index contributed by atoms with van der Waals surface area (Å²) in [7, 11) is 0. The molecule has 0 amide bonds. The summed E-state index contributed by atoms with van der Waals surface area (Å²) in [6.07, 6.45) is 0. The van der Waals surface area contributed by atoms with Gasteiger partial charge in [-0.1, -0.05) is 30.3 Å². The second kappa shape index (κ2) is 4.16. The summed E-state index contributed by atoms with van der Waals surface area (Å²) in [5, 5.41) is 0. The van der Waals surface area contributed by atoms with Crippen LogP contribution >= 0.6 is 0 Å². The van der Waals surface area contributed by atoms with Crippen LogP contribution in [0.25, 0.3) is 22.6 Å². The first-order chi connectivity index (χ1) is 9.15. The Hall–Kier alpha value is -2.76. The maximum absolute atomic E-state index is 11.6. The van der Waals surface area contributed by atoms with Crippen molar-refractivity contribution in [3.63, 3.8) is 0 Å². The third-order valence-corrected chi connectivity index (χ3v) is 2.78. The zero-order valence-corrected chi connectivity index (χ0v) is 10.2. The fourth-order valence-corrected chi connectivity index (χ4v) is 1.80. The molecule has 0 aliphatic rings. The molecule has 0 saturated heterocycles. The van der Waals surface area contributed by atoms with Crippen LogP contribution in [0.5, 0.6) is 0 Å². The minimum atomic E-state index is -0.274. The number of nitrogen functional groups attached to an aromatic ring is 1. The van der Waals surface area contributed by atoms with Crippen LogP contribution in [0.3, 0.4) is 0 Å². The monoisotopic (exact) mass is 253 g/mol. The molecule has 2 aromatic heterocycles. The van der Waals surface area contributed by atoms with Crippen molar-refractivity contribution < 1.29 is 0 Å². The summed E-state index contributed by atoms with van der Waals surface area (Å²) in [6, 6.07) is 9.42. The Kier molecular flexibility index (Phi) is 2.49. The van der Waals surface area contributed by atoms with Gasteiger partial charge in [0.15, 0.2) is 17.3 Å². The van der Waals surface area contributed by atoms with Crippen LogP contribution in [-0.4, -0.2) is 19.9 Å². The van der Waals surface area contributed by atoms with E-state index in [2.05, 4.69) is 19.9 Å². The molecule has 0 aliphatic carbocycles. The number of anilines is 1. The molecule has 2 heterocycles. The lowest BCUT2D eigenvalue weighted by atomic mass is 10.2. The Morgan fingerprint density at radius 1 is 1.11 bits per heavy atom. The molecule has 0 fully saturated rings. The van der Waals surface area contributed by atoms with E-state index in [4.69, 9.17) is 5.73 Å². The van der Waals surface area contributed by atoms with Crippen molar-refractivity contribution in [1.29, 1.82) is 0 Å². The summed E-state index contributed by atoms with van der Waals surface area (Å²) in [6.45, 7) is 1.61. The van der Waals surface area contributed by atoms with Gasteiger partial charge in [0.1, 0.15) is 11.2 Å². The van der Waals surface area contributed by atoms with Crippen molar-refractivity contribution in [3.05, 3.63) is 46.4 Å². The van der Waals surface area contributed by atoms with Crippen LogP contribution in [0, 0.1) is 6.92 Å². The van der Waals surface area contributed by atoms with E-state index in [0.717, 1.165) is 5.56 Å². The number of rotatable bonds is 1. The number of hydrogen-bond donors (Lipinski definition) is 2. The number of nitrogens with two attached hydrogens (primary N) is 1. The summed E-state index contributed by atoms with van der Waals surface area (Å²) in [4.78, 5) is 26.9. The first-order valence-electron chi connectivity index (χ1n) is 5.75. The zero-order chi connectivity index (χ0) is 13.4. The summed E-state index contributed by atoms with van der Waals surface area (Å²) < 4.78 is 0. The number of benzene rings is 1. The highest BCUT2D eigenvalue weighted by molar-refractivity contribution is 5.82. The maximum atomic E-state index is 11.6. The smallest absolute Gasteiger partial charge is 0.270 e. The highest BCUT2D eigenvalue weighted by atomic mass is 16.1. The average Bonchev–Trinajstić information content (AvgIpc) is 2.42. The van der Waals surface area contributed by atoms with Gasteiger partial charge in [0.05, 0.1) is 0 Å². The molecular formula is C13H11N5O. The van der Waals surface area contributed by atoms with Crippen LogP contribution in [-0.2, 0) is 0 Å². The third kappa shape index (κ3) is 1.93. The molecule has 1 aromatic carbocycles. The van der Waals surface area contributed by atoms with Gasteiger partial charge in [0.25, 0.3) is 5.56 Å². The van der Waals surface area contributed by atoms with Gasteiger partial charge in [-0.05, 0) is 6.92 Å². The second-order valence-electron chi connectivity index (χ2n) is 4.15. The largest absolute Gasteiger partial charge is 0.382 e. The highest BCUT2D eigenvalue weighted by Crippen LogP contribution is 2.19. The number of hydrogen-bond acceptors (Lipinski definition) is 5. The van der Waals surface area contributed by atoms with E-state index in [9.17, 15) is 4.79 Å². The lowest BCUT2D eigenvalue weighted by Gasteiger charge is -2.05. The molecule has 19 heavy (non-hydrogen) atoms. The van der Waals surface area contributed by atoms with Crippen molar-refractivity contribution in [2.24, 2.45) is 0 Å². The van der Waals surface area contributed by atoms with Crippen molar-refractivity contribution in [1.82, 2.24) is 19.9 Å². The Morgan fingerprint density at radius 2 is 1.84 bits per heavy atom. The van der Waals surface area contributed by atoms with Crippen LogP contribution in [0.15, 0.2) is 35.1 Å². The zero-order valence-electron chi connectivity index (χ0n) is 10.2. The van der Waals surface area contributed by atoms with Gasteiger partial charge in [-0.3, -0.25) is 4.79 Å². The van der Waals surface area contributed by atoms with Crippen molar-refractivity contribution in [2.75, 3.05) is 5.73 Å². The number of aromatic nitrogens is 4. The predicted molar refractivity (Wildman–Crippen MR) is 72.5 cm³/mol. The van der Waals surface area contributed by atoms with Crippen LogP contribution in [0.1, 0.15) is 5.69 Å². The molecular weight excluding hydrogens is 242 g/mol. The Labute approximate surface area is 108 Å². The molecule has 6 heteroatoms. The minimum Gasteiger partial charge on any atom is -0.382 e. The second-order valence-corrected chi connectivity index (χ2v) is 4.15. The van der Waals surface area contributed by atoms with Gasteiger partial charge in [-0.25, -0.2) is 15.0 Å². The molecule has 0 bridgehead atoms. The topological polar surface area (TPSA) is 97.5 Å². The summed E-state index contributed by atoms with van der Waals surface area (Å²) >= 11 is 0. The minimum absolute atomic E-state index is 0.253. The standard InChI is InChI=1S/C13H11N5O/c1-7-13(19)18-12-9(15-7)10(14)16-11(17-12)8-5-3-2-4-6-8/h2-6H,1H3,(H3,14,16,17,18,19). The number of H-pyrrole nitrogens is 1. The predicted octanol–water partition coefficient (Wildman–Crippen LogP) is 1.27. The van der Waals surface area contributed by atoms with E-state index >= 15 is 0 Å². The number of aryl methyl sites for hydroxylation is 1. The van der Waals surface area contributed by atoms with E-state index in [-0.39, 0.29) is 11.4 Å². The van der Waals surface area contributed by atoms with Crippen LogP contribution < -0.4 is 11.3 Å². The van der Waals surface area contributed by atoms with E-state index in [1.165, 1.54) is 0 Å². The quantitative estimate of drug-likeness (QED) is 0.680. The fourth-order valence-electron chi connectivity index (χ4n) is 1.80. The normalized spacial score (nSPS) is 10.8. The van der Waals surface area contributed by atoms with Crippen molar-refractivity contribution in [2.45, 2.75) is 6.92 Å². The van der Waals surface area contributed by atoms with E-state index < -0.39 is 0 Å². The Morgan fingerprint density at radius 3 is 2.58 bits per heavy atom. The first-order valence-corrected chi connectivity index (χ1v) is 5.75. The number of nitrogens with one attached hydrogen (secondary N) is 1. The molecule has 94 valence electrons. The van der Waals surface area contributed by atoms with Gasteiger partial charge < -0.3 is 10.7 Å². The molecule has 3 rings (SSSR count). The summed E-state index contributed by atoms with van der Waals surface area (Å²) in [5.41, 5.74) is 7.54. The third-order valence-electron chi connectivity index (χ3n) is 2.78. The van der Waals surface area contributed by atoms with E-state index in [1.54, 1.807) is 6.92 Å². The van der Waals surface area contributed by atoms with Gasteiger partial charge in [-0.15, -0.1) is 0 Å². The lowest BCUT2D eigenvalue weighted by molar-refractivity contribution is 1.08. The Balaban J connectivity index is 2.31. The average molecular weight is 253 g/mol. The lowest BCUT2D eigenvalue weighted by Crippen LogP contribution is -2.14. The number of fused-ring (bicyclic) bond motifs is 1. The van der Waals surface area contributed by atoms with E-state index in [1.807, 2.05) is 30.3 Å². The molecule has 0 saturated carbocycles. The highest BCUT2D eigenvalue weighted by Gasteiger charge is 2.10. The number of aromatic amines is 1. The molecule has 0 unspecified atom stereocenters. The van der Waals surface area contributed by atoms with E-state index in [0.29, 0.717) is 22.7 Å². The first kappa shape index (κ1) is 11.3. The maximum Gasteiger partial charge on any atom is 0.270 e. The molecule has 6 nitrogen and oxygen atoms in total. The Bertz CT molecular complexity index is 810. The molecule has 3 N–H and O–H groups in total. The van der Waals surface area contributed by atoms with Gasteiger partial charge in [0, 0.05) is 5.56 Å². The van der Waals surface area contributed by atoms with Crippen LogP contribution in [0.4, 0.5) is 5.82 Å². The fraction of sp³-hybridized carbons (Fsp3) is 0.0769. The number of nitrogens with zero attached hydrogens (tertiary/aromatic N) is 3. The molecule has 0 atom stereocenters. The van der Waals surface area contributed by atoms with Gasteiger partial charge in [0.2, 0.25) is 0 Å². The molecule has 3 aromatic rings. The molecule has 0 radical (unpaired) electrons. The summed E-state index contributed by atoms with van der Waals surface area (Å²) in [5.74, 6) is 0.718. The van der Waals surface area contributed by atoms with Gasteiger partial charge in [-0.2, -0.15) is 0 Å². The van der Waals surface area contributed by atoms with Crippen molar-refractivity contribution in [3.8, 4) is 11.4 Å². The molecule has 0 spiro atoms. The van der Waals surface area contributed by atoms with Crippen LogP contribution in [0.2, 0.25) is 0 Å². The SMILES string of the molecule is Cc1nc2c(N)nc(-c3ccccc3)nc2[nH]c1=O. The molecule has 0 aliphatic heterocycles. The van der Waals surface area contributed by atoms with Gasteiger partial charge >= 0.3 is 0 Å².